The molecule has 110 valence electrons. The van der Waals surface area contributed by atoms with Crippen LogP contribution in [0.2, 0.25) is 0 Å². The summed E-state index contributed by atoms with van der Waals surface area (Å²) in [5, 5.41) is 8.22. The largest absolute Gasteiger partial charge is 0.347 e. The van der Waals surface area contributed by atoms with Gasteiger partial charge in [0.15, 0.2) is 0 Å². The summed E-state index contributed by atoms with van der Waals surface area (Å²) < 4.78 is 14.8. The minimum Gasteiger partial charge on any atom is -0.347 e. The number of hydrogen-bond donors (Lipinski definition) is 0. The molecule has 2 heterocycles. The lowest BCUT2D eigenvalue weighted by atomic mass is 10.4. The van der Waals surface area contributed by atoms with Crippen molar-refractivity contribution in [2.45, 2.75) is 40.2 Å². The van der Waals surface area contributed by atoms with E-state index in [1.807, 2.05) is 26.2 Å². The highest BCUT2D eigenvalue weighted by atomic mass is 16.7. The predicted octanol–water partition coefficient (Wildman–Crippen LogP) is 1.61. The number of rotatable bonds is 8. The Hall–Kier alpha value is -1.73. The first-order valence-electron chi connectivity index (χ1n) is 6.91. The van der Waals surface area contributed by atoms with E-state index < -0.39 is 6.29 Å². The van der Waals surface area contributed by atoms with Crippen LogP contribution in [0.4, 0.5) is 0 Å². The highest BCUT2D eigenvalue weighted by Gasteiger charge is 2.16. The van der Waals surface area contributed by atoms with E-state index in [2.05, 4.69) is 26.8 Å². The van der Waals surface area contributed by atoms with Crippen LogP contribution in [0.25, 0.3) is 0 Å². The van der Waals surface area contributed by atoms with Gasteiger partial charge in [-0.2, -0.15) is 0 Å². The third-order valence-electron chi connectivity index (χ3n) is 2.88. The first kappa shape index (κ1) is 14.7. The van der Waals surface area contributed by atoms with Crippen molar-refractivity contribution >= 4 is 0 Å². The highest BCUT2D eigenvalue weighted by Crippen LogP contribution is 2.16. The van der Waals surface area contributed by atoms with Crippen molar-refractivity contribution in [3.8, 4) is 0 Å². The summed E-state index contributed by atoms with van der Waals surface area (Å²) in [6.07, 6.45) is 5.13. The molecule has 0 aliphatic heterocycles. The van der Waals surface area contributed by atoms with E-state index in [0.29, 0.717) is 25.5 Å². The van der Waals surface area contributed by atoms with Crippen LogP contribution in [-0.2, 0) is 22.6 Å². The molecule has 0 aliphatic carbocycles. The van der Waals surface area contributed by atoms with Gasteiger partial charge in [-0.3, -0.25) is 0 Å². The molecule has 7 heteroatoms. The topological polar surface area (TPSA) is 67.0 Å². The maximum Gasteiger partial charge on any atom is 0.204 e. The lowest BCUT2D eigenvalue weighted by Gasteiger charge is -2.13. The SMILES string of the molecule is CCOC(OCC)c1cn(Cc2nccn2CC)nn1. The molecule has 7 nitrogen and oxygen atoms in total. The van der Waals surface area contributed by atoms with Crippen molar-refractivity contribution in [2.75, 3.05) is 13.2 Å². The molecule has 0 fully saturated rings. The maximum atomic E-state index is 5.50. The molecule has 0 bridgehead atoms. The van der Waals surface area contributed by atoms with Crippen LogP contribution in [0.15, 0.2) is 18.6 Å². The van der Waals surface area contributed by atoms with E-state index in [0.717, 1.165) is 12.4 Å². The van der Waals surface area contributed by atoms with Gasteiger partial charge in [0.25, 0.3) is 0 Å². The Kier molecular flexibility index (Phi) is 5.25. The summed E-state index contributed by atoms with van der Waals surface area (Å²) in [6, 6.07) is 0. The molecule has 0 radical (unpaired) electrons. The molecule has 0 saturated carbocycles. The molecule has 0 aliphatic rings. The van der Waals surface area contributed by atoms with Crippen LogP contribution in [0, 0.1) is 0 Å². The third kappa shape index (κ3) is 3.43. The lowest BCUT2D eigenvalue weighted by molar-refractivity contribution is -0.142. The van der Waals surface area contributed by atoms with Crippen LogP contribution in [0.1, 0.15) is 38.6 Å². The smallest absolute Gasteiger partial charge is 0.204 e. The van der Waals surface area contributed by atoms with Gasteiger partial charge in [0.2, 0.25) is 6.29 Å². The summed E-state index contributed by atoms with van der Waals surface area (Å²) in [6.45, 7) is 8.53. The van der Waals surface area contributed by atoms with E-state index in [1.165, 1.54) is 0 Å². The van der Waals surface area contributed by atoms with Crippen LogP contribution < -0.4 is 0 Å². The Morgan fingerprint density at radius 3 is 2.60 bits per heavy atom. The number of aromatic nitrogens is 5. The zero-order valence-corrected chi connectivity index (χ0v) is 12.2. The van der Waals surface area contributed by atoms with Gasteiger partial charge in [-0.25, -0.2) is 9.67 Å². The fraction of sp³-hybridized carbons (Fsp3) is 0.615. The van der Waals surface area contributed by atoms with E-state index in [1.54, 1.807) is 10.9 Å². The first-order valence-corrected chi connectivity index (χ1v) is 6.91. The second-order valence-electron chi connectivity index (χ2n) is 4.21. The van der Waals surface area contributed by atoms with Gasteiger partial charge >= 0.3 is 0 Å². The molecule has 0 amide bonds. The third-order valence-corrected chi connectivity index (χ3v) is 2.88. The number of hydrogen-bond acceptors (Lipinski definition) is 5. The molecular weight excluding hydrogens is 258 g/mol. The minimum atomic E-state index is -0.454. The number of ether oxygens (including phenoxy) is 2. The molecule has 2 aromatic rings. The van der Waals surface area contributed by atoms with Gasteiger partial charge in [-0.15, -0.1) is 5.10 Å². The van der Waals surface area contributed by atoms with Crippen LogP contribution in [0.5, 0.6) is 0 Å². The average Bonchev–Trinajstić information content (AvgIpc) is 3.08. The fourth-order valence-corrected chi connectivity index (χ4v) is 1.94. The van der Waals surface area contributed by atoms with Crippen molar-refractivity contribution in [1.29, 1.82) is 0 Å². The van der Waals surface area contributed by atoms with Crippen molar-refractivity contribution in [1.82, 2.24) is 24.5 Å². The highest BCUT2D eigenvalue weighted by molar-refractivity contribution is 4.98. The Morgan fingerprint density at radius 2 is 1.95 bits per heavy atom. The zero-order valence-electron chi connectivity index (χ0n) is 12.2. The second-order valence-corrected chi connectivity index (χ2v) is 4.21. The summed E-state index contributed by atoms with van der Waals surface area (Å²) in [5.41, 5.74) is 0.684. The molecule has 0 spiro atoms. The van der Waals surface area contributed by atoms with Crippen LogP contribution in [0.3, 0.4) is 0 Å². The Morgan fingerprint density at radius 1 is 1.20 bits per heavy atom. The summed E-state index contributed by atoms with van der Waals surface area (Å²) in [5.74, 6) is 0.952. The Bertz CT molecular complexity index is 516. The molecule has 0 aromatic carbocycles. The quantitative estimate of drug-likeness (QED) is 0.687. The van der Waals surface area contributed by atoms with Crippen LogP contribution >= 0.6 is 0 Å². The molecule has 0 saturated heterocycles. The minimum absolute atomic E-state index is 0.454. The van der Waals surface area contributed by atoms with Gasteiger partial charge in [0.05, 0.1) is 6.20 Å². The zero-order chi connectivity index (χ0) is 14.4. The van der Waals surface area contributed by atoms with Crippen molar-refractivity contribution in [3.05, 3.63) is 30.1 Å². The molecule has 0 unspecified atom stereocenters. The van der Waals surface area contributed by atoms with Gasteiger partial charge in [-0.05, 0) is 20.8 Å². The predicted molar refractivity (Wildman–Crippen MR) is 73.0 cm³/mol. The van der Waals surface area contributed by atoms with Gasteiger partial charge < -0.3 is 14.0 Å². The second kappa shape index (κ2) is 7.16. The van der Waals surface area contributed by atoms with E-state index >= 15 is 0 Å². The van der Waals surface area contributed by atoms with Crippen molar-refractivity contribution in [3.63, 3.8) is 0 Å². The standard InChI is InChI=1S/C13H21N5O2/c1-4-17-8-7-14-12(17)10-18-9-11(15-16-18)13(19-5-2)20-6-3/h7-9,13H,4-6,10H2,1-3H3. The van der Waals surface area contributed by atoms with Crippen molar-refractivity contribution in [2.24, 2.45) is 0 Å². The molecule has 0 atom stereocenters. The number of nitrogens with zero attached hydrogens (tertiary/aromatic N) is 5. The molecule has 2 aromatic heterocycles. The van der Waals surface area contributed by atoms with Crippen LogP contribution in [-0.4, -0.2) is 37.8 Å². The van der Waals surface area contributed by atoms with E-state index in [4.69, 9.17) is 9.47 Å². The number of imidazole rings is 1. The first-order chi connectivity index (χ1) is 9.78. The molecular formula is C13H21N5O2. The normalized spacial score (nSPS) is 11.4. The molecule has 2 rings (SSSR count). The average molecular weight is 279 g/mol. The molecule has 0 N–H and O–H groups in total. The molecule has 20 heavy (non-hydrogen) atoms. The summed E-state index contributed by atoms with van der Waals surface area (Å²) in [4.78, 5) is 4.32. The monoisotopic (exact) mass is 279 g/mol. The van der Waals surface area contributed by atoms with Gasteiger partial charge in [0.1, 0.15) is 18.1 Å². The van der Waals surface area contributed by atoms with Crippen molar-refractivity contribution < 1.29 is 9.47 Å². The number of aryl methyl sites for hydroxylation is 1. The summed E-state index contributed by atoms with van der Waals surface area (Å²) in [7, 11) is 0. The summed E-state index contributed by atoms with van der Waals surface area (Å²) >= 11 is 0. The van der Waals surface area contributed by atoms with E-state index in [-0.39, 0.29) is 0 Å². The maximum absolute atomic E-state index is 5.50. The van der Waals surface area contributed by atoms with Gasteiger partial charge in [-0.1, -0.05) is 5.21 Å². The Balaban J connectivity index is 2.08. The van der Waals surface area contributed by atoms with Gasteiger partial charge in [0, 0.05) is 32.2 Å². The fourth-order valence-electron chi connectivity index (χ4n) is 1.94. The van der Waals surface area contributed by atoms with E-state index in [9.17, 15) is 0 Å². The Labute approximate surface area is 118 Å². The lowest BCUT2D eigenvalue weighted by Crippen LogP contribution is -2.09.